The molecule has 0 saturated carbocycles. The van der Waals surface area contributed by atoms with E-state index in [2.05, 4.69) is 106 Å². The Labute approximate surface area is 207 Å². The van der Waals surface area contributed by atoms with Crippen LogP contribution in [0.1, 0.15) is 81.5 Å². The molecule has 32 heavy (non-hydrogen) atoms. The Kier molecular flexibility index (Phi) is 7.04. The Morgan fingerprint density at radius 1 is 1.06 bits per heavy atom. The highest BCUT2D eigenvalue weighted by Crippen LogP contribution is 2.45. The summed E-state index contributed by atoms with van der Waals surface area (Å²) < 4.78 is 1.12. The van der Waals surface area contributed by atoms with Gasteiger partial charge in [-0.2, -0.15) is 5.10 Å². The molecule has 168 valence electrons. The minimum absolute atomic E-state index is 0.293. The Bertz CT molecular complexity index is 1110. The van der Waals surface area contributed by atoms with E-state index in [4.69, 9.17) is 5.10 Å². The fourth-order valence-corrected chi connectivity index (χ4v) is 6.38. The Hall–Kier alpha value is -1.75. The molecule has 0 saturated heterocycles. The van der Waals surface area contributed by atoms with Crippen LogP contribution in [0.15, 0.2) is 63.4 Å². The van der Waals surface area contributed by atoms with Crippen LogP contribution in [0.2, 0.25) is 0 Å². The number of hydrogen-bond acceptors (Lipinski definition) is 2. The summed E-state index contributed by atoms with van der Waals surface area (Å²) in [5, 5.41) is 9.39. The minimum Gasteiger partial charge on any atom is -0.154 e. The van der Waals surface area contributed by atoms with Crippen molar-refractivity contribution >= 4 is 37.6 Å². The summed E-state index contributed by atoms with van der Waals surface area (Å²) in [6.07, 6.45) is 13.7. The highest BCUT2D eigenvalue weighted by molar-refractivity contribution is 14.1. The van der Waals surface area contributed by atoms with Crippen molar-refractivity contribution in [3.63, 3.8) is 0 Å². The first-order valence-electron chi connectivity index (χ1n) is 12.1. The lowest BCUT2D eigenvalue weighted by Crippen LogP contribution is -2.20. The molecule has 4 rings (SSSR count). The van der Waals surface area contributed by atoms with Crippen molar-refractivity contribution in [1.29, 1.82) is 0 Å². The molecule has 2 unspecified atom stereocenters. The number of aryl methyl sites for hydroxylation is 2. The van der Waals surface area contributed by atoms with Crippen molar-refractivity contribution in [2.24, 2.45) is 22.0 Å². The Morgan fingerprint density at radius 2 is 1.84 bits per heavy atom. The van der Waals surface area contributed by atoms with Gasteiger partial charge in [-0.3, -0.25) is 0 Å². The molecule has 1 heterocycles. The van der Waals surface area contributed by atoms with Gasteiger partial charge >= 0.3 is 0 Å². The van der Waals surface area contributed by atoms with E-state index in [0.717, 1.165) is 29.4 Å². The fourth-order valence-electron chi connectivity index (χ4n) is 5.54. The van der Waals surface area contributed by atoms with E-state index in [9.17, 15) is 0 Å². The first kappa shape index (κ1) is 23.4. The van der Waals surface area contributed by atoms with E-state index in [0.29, 0.717) is 17.8 Å². The molecular formula is C29H35IN2. The number of benzene rings is 1. The molecule has 3 atom stereocenters. The third-order valence-electron chi connectivity index (χ3n) is 7.28. The SMILES string of the molecule is CCC1=CC=C(C2=C(C3=NN=C(I)C3CC)c3cc(C)cc(C)c3[C@@H](C)CC2)C(C)C=C1. The lowest BCUT2D eigenvalue weighted by Gasteiger charge is -2.24. The molecular weight excluding hydrogens is 503 g/mol. The summed E-state index contributed by atoms with van der Waals surface area (Å²) in [6.45, 7) is 13.7. The predicted molar refractivity (Wildman–Crippen MR) is 148 cm³/mol. The minimum atomic E-state index is 0.293. The van der Waals surface area contributed by atoms with Crippen LogP contribution in [0.5, 0.6) is 0 Å². The third-order valence-corrected chi connectivity index (χ3v) is 8.25. The lowest BCUT2D eigenvalue weighted by molar-refractivity contribution is 0.674. The molecule has 0 N–H and O–H groups in total. The van der Waals surface area contributed by atoms with Crippen LogP contribution in [0.3, 0.4) is 0 Å². The van der Waals surface area contributed by atoms with E-state index in [-0.39, 0.29) is 0 Å². The molecule has 2 aliphatic carbocycles. The first-order chi connectivity index (χ1) is 15.3. The zero-order chi connectivity index (χ0) is 23.0. The smallest absolute Gasteiger partial charge is 0.110 e. The van der Waals surface area contributed by atoms with Crippen LogP contribution in [0.4, 0.5) is 0 Å². The number of allylic oxidation sites excluding steroid dienone is 8. The maximum Gasteiger partial charge on any atom is 0.110 e. The molecule has 0 spiro atoms. The van der Waals surface area contributed by atoms with Crippen molar-refractivity contribution < 1.29 is 0 Å². The Morgan fingerprint density at radius 3 is 2.56 bits per heavy atom. The number of fused-ring (bicyclic) bond motifs is 1. The van der Waals surface area contributed by atoms with Gasteiger partial charge in [-0.1, -0.05) is 69.7 Å². The van der Waals surface area contributed by atoms with Gasteiger partial charge in [-0.15, -0.1) is 5.10 Å². The van der Waals surface area contributed by atoms with Crippen molar-refractivity contribution in [1.82, 2.24) is 0 Å². The number of halogens is 1. The summed E-state index contributed by atoms with van der Waals surface area (Å²) in [7, 11) is 0. The quantitative estimate of drug-likeness (QED) is 0.343. The molecule has 0 amide bonds. The number of hydrogen-bond donors (Lipinski definition) is 0. The standard InChI is InChI=1S/C29H35IN2/c1-7-21-11-9-18(4)23(14-12-21)24-13-10-19(5)26-20(6)15-17(3)16-25(26)27(24)28-22(8-2)29(30)32-31-28/h9,11-12,14-16,18-19,22H,7-8,10,13H2,1-6H3/t18?,19-,22?/m0/s1. The van der Waals surface area contributed by atoms with Crippen LogP contribution in [0, 0.1) is 25.7 Å². The van der Waals surface area contributed by atoms with E-state index in [1.54, 1.807) is 0 Å². The van der Waals surface area contributed by atoms with Crippen LogP contribution >= 0.6 is 22.6 Å². The molecule has 0 aromatic heterocycles. The van der Waals surface area contributed by atoms with E-state index < -0.39 is 0 Å². The van der Waals surface area contributed by atoms with Crippen LogP contribution in [-0.2, 0) is 0 Å². The topological polar surface area (TPSA) is 24.7 Å². The molecule has 0 radical (unpaired) electrons. The third kappa shape index (κ3) is 4.25. The van der Waals surface area contributed by atoms with Gasteiger partial charge in [0.15, 0.2) is 0 Å². The van der Waals surface area contributed by atoms with E-state index in [1.165, 1.54) is 50.3 Å². The number of rotatable bonds is 4. The first-order valence-corrected chi connectivity index (χ1v) is 13.2. The molecule has 0 bridgehead atoms. The van der Waals surface area contributed by atoms with Gasteiger partial charge in [0.25, 0.3) is 0 Å². The molecule has 1 aliphatic heterocycles. The second-order valence-corrected chi connectivity index (χ2v) is 10.7. The highest BCUT2D eigenvalue weighted by atomic mass is 127. The average Bonchev–Trinajstić information content (AvgIpc) is 2.92. The van der Waals surface area contributed by atoms with E-state index in [1.807, 2.05) is 0 Å². The van der Waals surface area contributed by atoms with Gasteiger partial charge in [0, 0.05) is 5.57 Å². The fraction of sp³-hybridized carbons (Fsp3) is 0.448. The zero-order valence-corrected chi connectivity index (χ0v) is 22.5. The maximum absolute atomic E-state index is 4.82. The summed E-state index contributed by atoms with van der Waals surface area (Å²) in [4.78, 5) is 0. The van der Waals surface area contributed by atoms with Crippen molar-refractivity contribution in [2.45, 2.75) is 73.1 Å². The monoisotopic (exact) mass is 538 g/mol. The largest absolute Gasteiger partial charge is 0.154 e. The van der Waals surface area contributed by atoms with Gasteiger partial charge < -0.3 is 0 Å². The maximum atomic E-state index is 4.82. The lowest BCUT2D eigenvalue weighted by atomic mass is 9.80. The van der Waals surface area contributed by atoms with Crippen LogP contribution < -0.4 is 0 Å². The van der Waals surface area contributed by atoms with Crippen molar-refractivity contribution in [3.05, 3.63) is 75.4 Å². The second-order valence-electron chi connectivity index (χ2n) is 9.57. The van der Waals surface area contributed by atoms with Crippen LogP contribution in [-0.4, -0.2) is 9.43 Å². The molecule has 1 aromatic rings. The van der Waals surface area contributed by atoms with Gasteiger partial charge in [-0.25, -0.2) is 0 Å². The highest BCUT2D eigenvalue weighted by Gasteiger charge is 2.34. The van der Waals surface area contributed by atoms with Gasteiger partial charge in [0.2, 0.25) is 0 Å². The van der Waals surface area contributed by atoms with Crippen molar-refractivity contribution in [2.75, 3.05) is 0 Å². The summed E-state index contributed by atoms with van der Waals surface area (Å²) >= 11 is 2.39. The Balaban J connectivity index is 2.03. The average molecular weight is 539 g/mol. The molecule has 3 heteroatoms. The predicted octanol–water partition coefficient (Wildman–Crippen LogP) is 8.65. The van der Waals surface area contributed by atoms with Crippen molar-refractivity contribution in [3.8, 4) is 0 Å². The normalized spacial score (nSPS) is 25.5. The summed E-state index contributed by atoms with van der Waals surface area (Å²) in [6, 6.07) is 4.75. The zero-order valence-electron chi connectivity index (χ0n) is 20.3. The number of nitrogens with zero attached hydrogens (tertiary/aromatic N) is 2. The molecule has 1 aromatic carbocycles. The van der Waals surface area contributed by atoms with Gasteiger partial charge in [0.1, 0.15) is 3.72 Å². The second kappa shape index (κ2) is 9.62. The van der Waals surface area contributed by atoms with Crippen LogP contribution in [0.25, 0.3) is 5.57 Å². The van der Waals surface area contributed by atoms with Gasteiger partial charge in [0.05, 0.1) is 11.6 Å². The summed E-state index contributed by atoms with van der Waals surface area (Å²) in [5.41, 5.74) is 12.5. The summed E-state index contributed by atoms with van der Waals surface area (Å²) in [5.74, 6) is 1.20. The molecule has 2 nitrogen and oxygen atoms in total. The van der Waals surface area contributed by atoms with Gasteiger partial charge in [-0.05, 0) is 107 Å². The molecule has 3 aliphatic rings. The molecule has 0 fully saturated rings. The van der Waals surface area contributed by atoms with E-state index >= 15 is 0 Å².